The van der Waals surface area contributed by atoms with Crippen LogP contribution in [0, 0.1) is 17.1 Å². The summed E-state index contributed by atoms with van der Waals surface area (Å²) in [5, 5.41) is 8.41. The van der Waals surface area contributed by atoms with E-state index in [1.807, 2.05) is 4.72 Å². The Balaban J connectivity index is 2.70. The van der Waals surface area contributed by atoms with E-state index in [1.54, 1.807) is 6.07 Å². The first kappa shape index (κ1) is 15.1. The molecule has 1 aromatic carbocycles. The lowest BCUT2D eigenvalue weighted by molar-refractivity contribution is -0.144. The van der Waals surface area contributed by atoms with E-state index >= 15 is 0 Å². The molecular weight excluding hydrogens is 275 g/mol. The fourth-order valence-electron chi connectivity index (χ4n) is 1.16. The van der Waals surface area contributed by atoms with Gasteiger partial charge in [-0.2, -0.15) is 9.98 Å². The minimum atomic E-state index is -4.14. The predicted molar refractivity (Wildman–Crippen MR) is 62.8 cm³/mol. The molecule has 1 rings (SSSR count). The lowest BCUT2D eigenvalue weighted by atomic mass is 10.4. The van der Waals surface area contributed by atoms with Gasteiger partial charge in [0.25, 0.3) is 0 Å². The van der Waals surface area contributed by atoms with Gasteiger partial charge in [0.1, 0.15) is 23.3 Å². The van der Waals surface area contributed by atoms with Crippen molar-refractivity contribution in [1.29, 1.82) is 5.26 Å². The second kappa shape index (κ2) is 6.26. The largest absolute Gasteiger partial charge is 0.446 e. The van der Waals surface area contributed by atoms with Gasteiger partial charge in [-0.25, -0.2) is 12.8 Å². The molecule has 0 heterocycles. The summed E-state index contributed by atoms with van der Waals surface area (Å²) in [5.74, 6) is -1.84. The van der Waals surface area contributed by atoms with Gasteiger partial charge in [0.05, 0.1) is 0 Å². The minimum absolute atomic E-state index is 0.559. The van der Waals surface area contributed by atoms with Crippen molar-refractivity contribution in [3.05, 3.63) is 30.1 Å². The van der Waals surface area contributed by atoms with E-state index in [-0.39, 0.29) is 0 Å². The number of rotatable bonds is 5. The number of nitrogens with one attached hydrogen (secondary N) is 1. The molecule has 1 atom stereocenters. The summed E-state index contributed by atoms with van der Waals surface area (Å²) < 4.78 is 43.1. The van der Waals surface area contributed by atoms with Crippen molar-refractivity contribution in [1.82, 2.24) is 4.72 Å². The van der Waals surface area contributed by atoms with Gasteiger partial charge in [-0.1, -0.05) is 12.1 Å². The number of carbonyl (C=O) groups is 1. The quantitative estimate of drug-likeness (QED) is 0.798. The summed E-state index contributed by atoms with van der Waals surface area (Å²) in [6, 6.07) is 6.41. The number of halogens is 1. The van der Waals surface area contributed by atoms with Crippen LogP contribution in [0.25, 0.3) is 0 Å². The topological polar surface area (TPSA) is 96.3 Å². The van der Waals surface area contributed by atoms with Gasteiger partial charge in [0.2, 0.25) is 10.0 Å². The zero-order valence-corrected chi connectivity index (χ0v) is 10.8. The van der Waals surface area contributed by atoms with Gasteiger partial charge in [-0.15, -0.1) is 0 Å². The molecule has 6 nitrogen and oxygen atoms in total. The summed E-state index contributed by atoms with van der Waals surface area (Å²) in [7, 11) is -4.14. The fraction of sp³-hybridized carbons (Fsp3) is 0.273. The Morgan fingerprint density at radius 2 is 2.16 bits per heavy atom. The van der Waals surface area contributed by atoms with E-state index in [1.165, 1.54) is 19.1 Å². The van der Waals surface area contributed by atoms with Crippen molar-refractivity contribution in [2.45, 2.75) is 17.9 Å². The van der Waals surface area contributed by atoms with Crippen LogP contribution in [0.4, 0.5) is 4.39 Å². The van der Waals surface area contributed by atoms with E-state index in [9.17, 15) is 17.6 Å². The Bertz CT molecular complexity index is 609. The molecule has 0 unspecified atom stereocenters. The molecule has 1 aromatic rings. The zero-order chi connectivity index (χ0) is 14.5. The van der Waals surface area contributed by atoms with Crippen LogP contribution >= 0.6 is 0 Å². The van der Waals surface area contributed by atoms with Crippen LogP contribution in [0.1, 0.15) is 6.92 Å². The number of carbonyl (C=O) groups excluding carboxylic acids is 1. The first-order chi connectivity index (χ1) is 8.86. The highest BCUT2D eigenvalue weighted by Crippen LogP contribution is 2.12. The number of nitrogens with zero attached hydrogens (tertiary/aromatic N) is 1. The maximum absolute atomic E-state index is 13.3. The molecule has 0 saturated carbocycles. The SMILES string of the molecule is C[C@@H](C#N)OC(=O)CNS(=O)(=O)c1ccccc1F. The summed E-state index contributed by atoms with van der Waals surface area (Å²) >= 11 is 0. The minimum Gasteiger partial charge on any atom is -0.446 e. The number of esters is 1. The first-order valence-electron chi connectivity index (χ1n) is 5.20. The summed E-state index contributed by atoms with van der Waals surface area (Å²) in [6.07, 6.45) is -0.981. The lowest BCUT2D eigenvalue weighted by Crippen LogP contribution is -2.32. The second-order valence-electron chi connectivity index (χ2n) is 3.52. The Hall–Kier alpha value is -1.98. The number of benzene rings is 1. The molecule has 0 aliphatic carbocycles. The number of ether oxygens (including phenoxy) is 1. The molecule has 0 bridgehead atoms. The third-order valence-corrected chi connectivity index (χ3v) is 3.46. The summed E-state index contributed by atoms with van der Waals surface area (Å²) in [5.41, 5.74) is 0. The molecular formula is C11H11FN2O4S. The smallest absolute Gasteiger partial charge is 0.322 e. The number of nitriles is 1. The number of sulfonamides is 1. The Labute approximate surface area is 109 Å². The highest BCUT2D eigenvalue weighted by atomic mass is 32.2. The third kappa shape index (κ3) is 4.31. The summed E-state index contributed by atoms with van der Waals surface area (Å²) in [6.45, 7) is 0.659. The van der Waals surface area contributed by atoms with E-state index in [0.717, 1.165) is 12.1 Å². The molecule has 0 amide bonds. The normalized spacial score (nSPS) is 12.5. The van der Waals surface area contributed by atoms with Crippen molar-refractivity contribution in [3.8, 4) is 6.07 Å². The van der Waals surface area contributed by atoms with Crippen LogP contribution in [0.15, 0.2) is 29.2 Å². The Morgan fingerprint density at radius 1 is 1.53 bits per heavy atom. The molecule has 8 heteroatoms. The van der Waals surface area contributed by atoms with E-state index in [4.69, 9.17) is 5.26 Å². The van der Waals surface area contributed by atoms with Crippen LogP contribution < -0.4 is 4.72 Å². The molecule has 0 spiro atoms. The highest BCUT2D eigenvalue weighted by Gasteiger charge is 2.20. The van der Waals surface area contributed by atoms with E-state index in [2.05, 4.69) is 4.74 Å². The van der Waals surface area contributed by atoms with Gasteiger partial charge in [-0.05, 0) is 19.1 Å². The molecule has 0 fully saturated rings. The van der Waals surface area contributed by atoms with Crippen molar-refractivity contribution in [2.24, 2.45) is 0 Å². The van der Waals surface area contributed by atoms with Crippen molar-refractivity contribution >= 4 is 16.0 Å². The maximum Gasteiger partial charge on any atom is 0.322 e. The molecule has 102 valence electrons. The number of hydrogen-bond acceptors (Lipinski definition) is 5. The van der Waals surface area contributed by atoms with Gasteiger partial charge in [0, 0.05) is 0 Å². The fourth-order valence-corrected chi connectivity index (χ4v) is 2.21. The van der Waals surface area contributed by atoms with Gasteiger partial charge < -0.3 is 4.74 Å². The molecule has 0 aromatic heterocycles. The second-order valence-corrected chi connectivity index (χ2v) is 5.25. The van der Waals surface area contributed by atoms with E-state index < -0.39 is 39.4 Å². The highest BCUT2D eigenvalue weighted by molar-refractivity contribution is 7.89. The standard InChI is InChI=1S/C11H11FN2O4S/c1-8(6-13)18-11(15)7-14-19(16,17)10-5-3-2-4-9(10)12/h2-5,8,14H,7H2,1H3/t8-/m0/s1. The van der Waals surface area contributed by atoms with E-state index in [0.29, 0.717) is 0 Å². The van der Waals surface area contributed by atoms with Crippen LogP contribution in [-0.4, -0.2) is 27.0 Å². The van der Waals surface area contributed by atoms with Gasteiger partial charge in [0.15, 0.2) is 6.10 Å². The van der Waals surface area contributed by atoms with Crippen molar-refractivity contribution < 1.29 is 22.3 Å². The molecule has 0 saturated heterocycles. The molecule has 19 heavy (non-hydrogen) atoms. The monoisotopic (exact) mass is 286 g/mol. The molecule has 0 aliphatic rings. The predicted octanol–water partition coefficient (Wildman–Crippen LogP) is 0.559. The zero-order valence-electron chi connectivity index (χ0n) is 9.96. The first-order valence-corrected chi connectivity index (χ1v) is 6.68. The van der Waals surface area contributed by atoms with Gasteiger partial charge >= 0.3 is 5.97 Å². The molecule has 0 aliphatic heterocycles. The van der Waals surface area contributed by atoms with Crippen molar-refractivity contribution in [3.63, 3.8) is 0 Å². The number of hydrogen-bond donors (Lipinski definition) is 1. The average molecular weight is 286 g/mol. The summed E-state index contributed by atoms with van der Waals surface area (Å²) in [4.78, 5) is 10.6. The van der Waals surface area contributed by atoms with Crippen molar-refractivity contribution in [2.75, 3.05) is 6.54 Å². The average Bonchev–Trinajstić information content (AvgIpc) is 2.36. The molecule has 1 N–H and O–H groups in total. The van der Waals surface area contributed by atoms with Crippen LogP contribution in [-0.2, 0) is 19.6 Å². The third-order valence-electron chi connectivity index (χ3n) is 2.02. The Kier molecular flexibility index (Phi) is 4.97. The maximum atomic E-state index is 13.3. The van der Waals surface area contributed by atoms with Crippen LogP contribution in [0.2, 0.25) is 0 Å². The van der Waals surface area contributed by atoms with Crippen LogP contribution in [0.5, 0.6) is 0 Å². The Morgan fingerprint density at radius 3 is 2.74 bits per heavy atom. The van der Waals surface area contributed by atoms with Gasteiger partial charge in [-0.3, -0.25) is 4.79 Å². The lowest BCUT2D eigenvalue weighted by Gasteiger charge is -2.08. The van der Waals surface area contributed by atoms with Crippen LogP contribution in [0.3, 0.4) is 0 Å². The molecule has 0 radical (unpaired) electrons.